The van der Waals surface area contributed by atoms with E-state index in [1.165, 1.54) is 22.4 Å². The summed E-state index contributed by atoms with van der Waals surface area (Å²) in [5.74, 6) is -0.884. The molecule has 0 saturated carbocycles. The Morgan fingerprint density at radius 2 is 2.54 bits per heavy atom. The number of carboxylic acids is 1. The maximum absolute atomic E-state index is 10.4. The van der Waals surface area contributed by atoms with Gasteiger partial charge in [0.2, 0.25) is 0 Å². The maximum Gasteiger partial charge on any atom is 0.323 e. The number of aromatic nitrogens is 3. The van der Waals surface area contributed by atoms with Crippen molar-refractivity contribution in [2.24, 2.45) is 0 Å². The second kappa shape index (κ2) is 2.81. The Labute approximate surface area is 77.8 Å². The van der Waals surface area contributed by atoms with Crippen molar-refractivity contribution in [2.75, 3.05) is 0 Å². The number of aryl methyl sites for hydroxylation is 1. The summed E-state index contributed by atoms with van der Waals surface area (Å²) in [5, 5.41) is 8.58. The highest BCUT2D eigenvalue weighted by atomic mass is 32.1. The van der Waals surface area contributed by atoms with Gasteiger partial charge in [-0.25, -0.2) is 4.98 Å². The third-order valence-electron chi connectivity index (χ3n) is 1.72. The molecule has 0 fully saturated rings. The zero-order chi connectivity index (χ0) is 9.42. The molecule has 0 spiro atoms. The van der Waals surface area contributed by atoms with Crippen molar-refractivity contribution >= 4 is 28.7 Å². The second-order valence-electron chi connectivity index (χ2n) is 2.68. The largest absolute Gasteiger partial charge is 0.480 e. The van der Waals surface area contributed by atoms with Crippen LogP contribution in [0.25, 0.3) is 11.2 Å². The zero-order valence-electron chi connectivity index (χ0n) is 6.89. The van der Waals surface area contributed by atoms with Crippen molar-refractivity contribution in [2.45, 2.75) is 13.5 Å². The lowest BCUT2D eigenvalue weighted by Crippen LogP contribution is -2.07. The topological polar surface area (TPSA) is 68.0 Å². The Morgan fingerprint density at radius 1 is 1.77 bits per heavy atom. The van der Waals surface area contributed by atoms with E-state index >= 15 is 0 Å². The van der Waals surface area contributed by atoms with E-state index in [2.05, 4.69) is 9.36 Å². The Bertz CT molecular complexity index is 459. The third-order valence-corrected chi connectivity index (χ3v) is 2.45. The molecular formula is C7H7N3O2S. The van der Waals surface area contributed by atoms with Gasteiger partial charge in [-0.3, -0.25) is 4.79 Å². The van der Waals surface area contributed by atoms with E-state index in [0.717, 1.165) is 10.4 Å². The Morgan fingerprint density at radius 3 is 3.23 bits per heavy atom. The molecule has 2 aromatic rings. The van der Waals surface area contributed by atoms with Crippen LogP contribution in [0.3, 0.4) is 0 Å². The van der Waals surface area contributed by atoms with Crippen molar-refractivity contribution in [3.05, 3.63) is 11.2 Å². The fourth-order valence-corrected chi connectivity index (χ4v) is 1.78. The molecule has 0 aromatic carbocycles. The summed E-state index contributed by atoms with van der Waals surface area (Å²) >= 11 is 1.34. The number of nitrogens with zero attached hydrogens (tertiary/aromatic N) is 3. The summed E-state index contributed by atoms with van der Waals surface area (Å²) in [6, 6.07) is 0. The third kappa shape index (κ3) is 1.29. The number of rotatable bonds is 2. The molecule has 5 nitrogen and oxygen atoms in total. The first kappa shape index (κ1) is 8.18. The summed E-state index contributed by atoms with van der Waals surface area (Å²) in [7, 11) is 0. The van der Waals surface area contributed by atoms with Gasteiger partial charge in [0.1, 0.15) is 12.1 Å². The monoisotopic (exact) mass is 197 g/mol. The molecule has 2 rings (SSSR count). The van der Waals surface area contributed by atoms with E-state index in [4.69, 9.17) is 5.11 Å². The normalized spacial score (nSPS) is 10.8. The quantitative estimate of drug-likeness (QED) is 0.776. The van der Waals surface area contributed by atoms with Gasteiger partial charge in [-0.05, 0) is 18.5 Å². The fourth-order valence-electron chi connectivity index (χ4n) is 1.14. The summed E-state index contributed by atoms with van der Waals surface area (Å²) < 4.78 is 5.64. The van der Waals surface area contributed by atoms with Crippen LogP contribution < -0.4 is 0 Å². The molecule has 2 aromatic heterocycles. The van der Waals surface area contributed by atoms with Crippen LogP contribution in [0.1, 0.15) is 4.88 Å². The van der Waals surface area contributed by atoms with Crippen LogP contribution in [-0.4, -0.2) is 25.0 Å². The summed E-state index contributed by atoms with van der Waals surface area (Å²) in [6.07, 6.45) is 1.51. The minimum atomic E-state index is -0.884. The van der Waals surface area contributed by atoms with Crippen LogP contribution in [0.5, 0.6) is 0 Å². The predicted molar refractivity (Wildman–Crippen MR) is 47.8 cm³/mol. The second-order valence-corrected chi connectivity index (χ2v) is 3.65. The molecule has 0 bridgehead atoms. The molecule has 68 valence electrons. The van der Waals surface area contributed by atoms with Crippen LogP contribution in [0.15, 0.2) is 6.33 Å². The van der Waals surface area contributed by atoms with Gasteiger partial charge < -0.3 is 9.67 Å². The zero-order valence-corrected chi connectivity index (χ0v) is 7.71. The SMILES string of the molecule is Cc1snc2c1ncn2CC(=O)O. The van der Waals surface area contributed by atoms with Crippen LogP contribution in [0.4, 0.5) is 0 Å². The molecular weight excluding hydrogens is 190 g/mol. The average molecular weight is 197 g/mol. The van der Waals surface area contributed by atoms with Gasteiger partial charge in [0.25, 0.3) is 0 Å². The van der Waals surface area contributed by atoms with E-state index in [9.17, 15) is 4.79 Å². The number of carbonyl (C=O) groups is 1. The lowest BCUT2D eigenvalue weighted by Gasteiger charge is -1.94. The first-order valence-electron chi connectivity index (χ1n) is 3.67. The minimum Gasteiger partial charge on any atom is -0.480 e. The number of carboxylic acid groups (broad SMARTS) is 1. The van der Waals surface area contributed by atoms with Gasteiger partial charge in [-0.2, -0.15) is 4.37 Å². The molecule has 0 amide bonds. The average Bonchev–Trinajstić information content (AvgIpc) is 2.56. The van der Waals surface area contributed by atoms with E-state index in [1.54, 1.807) is 0 Å². The van der Waals surface area contributed by atoms with Crippen molar-refractivity contribution in [1.29, 1.82) is 0 Å². The lowest BCUT2D eigenvalue weighted by atomic mass is 10.5. The van der Waals surface area contributed by atoms with Gasteiger partial charge in [0, 0.05) is 0 Å². The number of hydrogen-bond donors (Lipinski definition) is 1. The standard InChI is InChI=1S/C7H7N3O2S/c1-4-6-7(9-13-4)10(3-8-6)2-5(11)12/h3H,2H2,1H3,(H,11,12). The first-order chi connectivity index (χ1) is 6.18. The molecule has 0 radical (unpaired) electrons. The van der Waals surface area contributed by atoms with Gasteiger partial charge >= 0.3 is 5.97 Å². The first-order valence-corrected chi connectivity index (χ1v) is 4.44. The lowest BCUT2D eigenvalue weighted by molar-refractivity contribution is -0.137. The van der Waals surface area contributed by atoms with Crippen LogP contribution >= 0.6 is 11.5 Å². The molecule has 6 heteroatoms. The molecule has 2 heterocycles. The van der Waals surface area contributed by atoms with Crippen molar-refractivity contribution < 1.29 is 9.90 Å². The van der Waals surface area contributed by atoms with Crippen LogP contribution in [-0.2, 0) is 11.3 Å². The smallest absolute Gasteiger partial charge is 0.323 e. The number of aliphatic carboxylic acids is 1. The van der Waals surface area contributed by atoms with Gasteiger partial charge in [-0.15, -0.1) is 0 Å². The van der Waals surface area contributed by atoms with Crippen molar-refractivity contribution in [1.82, 2.24) is 13.9 Å². The van der Waals surface area contributed by atoms with Crippen LogP contribution in [0, 0.1) is 6.92 Å². The van der Waals surface area contributed by atoms with Gasteiger partial charge in [-0.1, -0.05) is 0 Å². The maximum atomic E-state index is 10.4. The highest BCUT2D eigenvalue weighted by Crippen LogP contribution is 2.19. The molecule has 0 atom stereocenters. The molecule has 0 aliphatic rings. The van der Waals surface area contributed by atoms with Crippen molar-refractivity contribution in [3.63, 3.8) is 0 Å². The molecule has 13 heavy (non-hydrogen) atoms. The van der Waals surface area contributed by atoms with Gasteiger partial charge in [0.05, 0.1) is 11.2 Å². The molecule has 0 saturated heterocycles. The highest BCUT2D eigenvalue weighted by molar-refractivity contribution is 7.07. The fraction of sp³-hybridized carbons (Fsp3) is 0.286. The number of fused-ring (bicyclic) bond motifs is 1. The Hall–Kier alpha value is -1.43. The Balaban J connectivity index is 2.52. The summed E-state index contributed by atoms with van der Waals surface area (Å²) in [5.41, 5.74) is 1.45. The van der Waals surface area contributed by atoms with Crippen LogP contribution in [0.2, 0.25) is 0 Å². The Kier molecular flexibility index (Phi) is 1.77. The summed E-state index contributed by atoms with van der Waals surface area (Å²) in [6.45, 7) is 1.83. The predicted octanol–water partition coefficient (Wildman–Crippen LogP) is 0.886. The van der Waals surface area contributed by atoms with E-state index in [1.807, 2.05) is 6.92 Å². The minimum absolute atomic E-state index is 0.0837. The molecule has 0 unspecified atom stereocenters. The molecule has 1 N–H and O–H groups in total. The van der Waals surface area contributed by atoms with Gasteiger partial charge in [0.15, 0.2) is 5.65 Å². The molecule has 0 aliphatic carbocycles. The number of hydrogen-bond acceptors (Lipinski definition) is 4. The van der Waals surface area contributed by atoms with E-state index < -0.39 is 5.97 Å². The van der Waals surface area contributed by atoms with E-state index in [0.29, 0.717) is 5.65 Å². The highest BCUT2D eigenvalue weighted by Gasteiger charge is 2.10. The number of imidazole rings is 1. The van der Waals surface area contributed by atoms with Crippen molar-refractivity contribution in [3.8, 4) is 0 Å². The molecule has 0 aliphatic heterocycles. The van der Waals surface area contributed by atoms with E-state index in [-0.39, 0.29) is 6.54 Å². The summed E-state index contributed by atoms with van der Waals surface area (Å²) in [4.78, 5) is 15.5.